The molecule has 0 aromatic carbocycles. The fraction of sp³-hybridized carbons (Fsp3) is 0.818. The second kappa shape index (κ2) is 4.64. The van der Waals surface area contributed by atoms with E-state index in [1.54, 1.807) is 0 Å². The Morgan fingerprint density at radius 1 is 1.27 bits per heavy atom. The van der Waals surface area contributed by atoms with E-state index in [9.17, 15) is 14.7 Å². The molecular formula is C11H17BrO3. The van der Waals surface area contributed by atoms with E-state index < -0.39 is 11.4 Å². The summed E-state index contributed by atoms with van der Waals surface area (Å²) < 4.78 is 0. The molecule has 0 saturated heterocycles. The molecule has 0 aromatic heterocycles. The van der Waals surface area contributed by atoms with E-state index in [2.05, 4.69) is 15.9 Å². The first-order valence-corrected chi connectivity index (χ1v) is 6.25. The van der Waals surface area contributed by atoms with Gasteiger partial charge >= 0.3 is 5.97 Å². The van der Waals surface area contributed by atoms with Crippen LogP contribution in [-0.4, -0.2) is 21.7 Å². The van der Waals surface area contributed by atoms with Crippen molar-refractivity contribution in [2.24, 2.45) is 11.3 Å². The minimum Gasteiger partial charge on any atom is -0.480 e. The van der Waals surface area contributed by atoms with Crippen molar-refractivity contribution >= 4 is 27.7 Å². The fourth-order valence-corrected chi connectivity index (χ4v) is 2.55. The van der Waals surface area contributed by atoms with Crippen LogP contribution in [-0.2, 0) is 9.59 Å². The van der Waals surface area contributed by atoms with E-state index in [0.717, 1.165) is 12.8 Å². The van der Waals surface area contributed by atoms with Gasteiger partial charge in [0.15, 0.2) is 5.78 Å². The summed E-state index contributed by atoms with van der Waals surface area (Å²) in [5.41, 5.74) is -1.11. The molecule has 0 heterocycles. The zero-order valence-corrected chi connectivity index (χ0v) is 10.7. The first kappa shape index (κ1) is 12.7. The summed E-state index contributed by atoms with van der Waals surface area (Å²) in [4.78, 5) is 23.0. The highest BCUT2D eigenvalue weighted by atomic mass is 79.9. The van der Waals surface area contributed by atoms with E-state index >= 15 is 0 Å². The number of carbonyl (C=O) groups excluding carboxylic acids is 1. The third-order valence-electron chi connectivity index (χ3n) is 3.17. The maximum Gasteiger partial charge on any atom is 0.317 e. The van der Waals surface area contributed by atoms with Gasteiger partial charge in [-0.25, -0.2) is 0 Å². The molecule has 1 saturated carbocycles. The molecule has 0 aliphatic heterocycles. The van der Waals surface area contributed by atoms with Gasteiger partial charge in [0, 0.05) is 0 Å². The molecule has 0 radical (unpaired) electrons. The van der Waals surface area contributed by atoms with Gasteiger partial charge in [0.05, 0.1) is 4.83 Å². The Labute approximate surface area is 98.4 Å². The van der Waals surface area contributed by atoms with Crippen molar-refractivity contribution in [1.82, 2.24) is 0 Å². The Morgan fingerprint density at radius 3 is 2.07 bits per heavy atom. The summed E-state index contributed by atoms with van der Waals surface area (Å²) in [6.07, 6.45) is 2.68. The highest BCUT2D eigenvalue weighted by Gasteiger charge is 2.50. The minimum atomic E-state index is -1.11. The van der Waals surface area contributed by atoms with Crippen LogP contribution in [0, 0.1) is 11.3 Å². The predicted molar refractivity (Wildman–Crippen MR) is 61.1 cm³/mol. The third kappa shape index (κ3) is 2.25. The number of halogens is 1. The van der Waals surface area contributed by atoms with Crippen LogP contribution in [0.5, 0.6) is 0 Å². The van der Waals surface area contributed by atoms with Gasteiger partial charge in [0.25, 0.3) is 0 Å². The summed E-state index contributed by atoms with van der Waals surface area (Å²) >= 11 is 3.31. The number of hydrogen-bond acceptors (Lipinski definition) is 2. The fourth-order valence-electron chi connectivity index (χ4n) is 2.11. The van der Waals surface area contributed by atoms with Gasteiger partial charge < -0.3 is 5.11 Å². The van der Waals surface area contributed by atoms with E-state index in [1.165, 1.54) is 0 Å². The van der Waals surface area contributed by atoms with Crippen LogP contribution in [0.25, 0.3) is 0 Å². The lowest BCUT2D eigenvalue weighted by atomic mass is 9.78. The molecule has 1 aliphatic rings. The molecular weight excluding hydrogens is 260 g/mol. The second-order valence-electron chi connectivity index (χ2n) is 4.60. The number of alkyl halides is 1. The molecule has 3 nitrogen and oxygen atoms in total. The lowest BCUT2D eigenvalue weighted by Gasteiger charge is -2.26. The van der Waals surface area contributed by atoms with Crippen LogP contribution in [0.3, 0.4) is 0 Å². The maximum atomic E-state index is 12.1. The summed E-state index contributed by atoms with van der Waals surface area (Å²) in [6, 6.07) is 0. The van der Waals surface area contributed by atoms with Gasteiger partial charge in [-0.15, -0.1) is 0 Å². The van der Waals surface area contributed by atoms with E-state index in [1.807, 2.05) is 13.8 Å². The molecule has 0 bridgehead atoms. The zero-order chi connectivity index (χ0) is 11.6. The van der Waals surface area contributed by atoms with Crippen LogP contribution in [0.1, 0.15) is 39.5 Å². The van der Waals surface area contributed by atoms with Gasteiger partial charge in [-0.05, 0) is 18.8 Å². The van der Waals surface area contributed by atoms with Crippen LogP contribution >= 0.6 is 15.9 Å². The number of hydrogen-bond donors (Lipinski definition) is 1. The van der Waals surface area contributed by atoms with Crippen LogP contribution in [0.15, 0.2) is 0 Å². The molecule has 86 valence electrons. The molecule has 1 N–H and O–H groups in total. The standard InChI is InChI=1S/C11H17BrO3/c1-7(2)8(12)9(13)11(10(14)15)5-3-4-6-11/h7-8H,3-6H2,1-2H3,(H,14,15)/t8-/m1/s1. The first-order valence-electron chi connectivity index (χ1n) is 5.33. The van der Waals surface area contributed by atoms with Crippen molar-refractivity contribution in [3.8, 4) is 0 Å². The Bertz CT molecular complexity index is 267. The van der Waals surface area contributed by atoms with Gasteiger partial charge in [-0.2, -0.15) is 0 Å². The van der Waals surface area contributed by atoms with Gasteiger partial charge in [0.2, 0.25) is 0 Å². The third-order valence-corrected chi connectivity index (χ3v) is 4.65. The largest absolute Gasteiger partial charge is 0.480 e. The number of carboxylic acids is 1. The highest BCUT2D eigenvalue weighted by molar-refractivity contribution is 9.10. The minimum absolute atomic E-state index is 0.134. The molecule has 0 spiro atoms. The van der Waals surface area contributed by atoms with Crippen molar-refractivity contribution < 1.29 is 14.7 Å². The molecule has 15 heavy (non-hydrogen) atoms. The second-order valence-corrected chi connectivity index (χ2v) is 5.59. The van der Waals surface area contributed by atoms with Crippen LogP contribution in [0.4, 0.5) is 0 Å². The highest BCUT2D eigenvalue weighted by Crippen LogP contribution is 2.42. The van der Waals surface area contributed by atoms with Crippen molar-refractivity contribution in [3.63, 3.8) is 0 Å². The van der Waals surface area contributed by atoms with Crippen molar-refractivity contribution in [1.29, 1.82) is 0 Å². The number of rotatable bonds is 4. The molecule has 0 aromatic rings. The molecule has 1 atom stereocenters. The number of Topliss-reactive ketones (excluding diaryl/α,β-unsaturated/α-hetero) is 1. The van der Waals surface area contributed by atoms with Crippen LogP contribution in [0.2, 0.25) is 0 Å². The van der Waals surface area contributed by atoms with Gasteiger partial charge in [0.1, 0.15) is 5.41 Å². The van der Waals surface area contributed by atoms with Crippen LogP contribution < -0.4 is 0 Å². The average Bonchev–Trinajstić information content (AvgIpc) is 2.65. The number of aliphatic carboxylic acids is 1. The molecule has 4 heteroatoms. The SMILES string of the molecule is CC(C)[C@@H](Br)C(=O)C1(C(=O)O)CCCC1. The number of carboxylic acid groups (broad SMARTS) is 1. The lowest BCUT2D eigenvalue weighted by molar-refractivity contribution is -0.154. The predicted octanol–water partition coefficient (Wildman–Crippen LogP) is 2.62. The number of carbonyl (C=O) groups is 2. The average molecular weight is 277 g/mol. The molecule has 1 fully saturated rings. The molecule has 0 unspecified atom stereocenters. The normalized spacial score (nSPS) is 21.6. The Hall–Kier alpha value is -0.380. The molecule has 1 rings (SSSR count). The summed E-state index contributed by atoms with van der Waals surface area (Å²) in [5, 5.41) is 9.22. The van der Waals surface area contributed by atoms with E-state index in [-0.39, 0.29) is 16.5 Å². The summed E-state index contributed by atoms with van der Waals surface area (Å²) in [7, 11) is 0. The first-order chi connectivity index (χ1) is 6.92. The van der Waals surface area contributed by atoms with Crippen molar-refractivity contribution in [3.05, 3.63) is 0 Å². The Morgan fingerprint density at radius 2 is 1.73 bits per heavy atom. The Balaban J connectivity index is 2.91. The number of ketones is 1. The summed E-state index contributed by atoms with van der Waals surface area (Å²) in [6.45, 7) is 3.84. The quantitative estimate of drug-likeness (QED) is 0.634. The monoisotopic (exact) mass is 276 g/mol. The van der Waals surface area contributed by atoms with E-state index in [0.29, 0.717) is 12.8 Å². The topological polar surface area (TPSA) is 54.4 Å². The van der Waals surface area contributed by atoms with Gasteiger partial charge in [-0.1, -0.05) is 42.6 Å². The molecule has 0 amide bonds. The van der Waals surface area contributed by atoms with Gasteiger partial charge in [-0.3, -0.25) is 9.59 Å². The van der Waals surface area contributed by atoms with E-state index in [4.69, 9.17) is 0 Å². The summed E-state index contributed by atoms with van der Waals surface area (Å²) in [5.74, 6) is -0.966. The molecule has 1 aliphatic carbocycles. The lowest BCUT2D eigenvalue weighted by Crippen LogP contribution is -2.42. The zero-order valence-electron chi connectivity index (χ0n) is 9.12. The smallest absolute Gasteiger partial charge is 0.317 e. The van der Waals surface area contributed by atoms with Crippen molar-refractivity contribution in [2.45, 2.75) is 44.4 Å². The van der Waals surface area contributed by atoms with Crippen molar-refractivity contribution in [2.75, 3.05) is 0 Å². The Kier molecular flexibility index (Phi) is 3.93. The maximum absolute atomic E-state index is 12.1.